The van der Waals surface area contributed by atoms with E-state index in [4.69, 9.17) is 14.2 Å². The van der Waals surface area contributed by atoms with Crippen LogP contribution >= 0.6 is 0 Å². The molecule has 0 saturated carbocycles. The molecule has 1 aliphatic rings. The highest BCUT2D eigenvalue weighted by molar-refractivity contribution is 7.91. The smallest absolute Gasteiger partial charge is 0.457 e. The number of nitrogens with zero attached hydrogens (tertiary/aromatic N) is 1. The van der Waals surface area contributed by atoms with Gasteiger partial charge in [0.15, 0.2) is 15.6 Å². The molecule has 0 aromatic heterocycles. The lowest BCUT2D eigenvalue weighted by Gasteiger charge is -2.25. The maximum absolute atomic E-state index is 12.9. The number of alkyl halides is 3. The topological polar surface area (TPSA) is 112 Å². The number of hydroxylamine groups is 2. The minimum absolute atomic E-state index is 0.0349. The highest BCUT2D eigenvalue weighted by atomic mass is 32.2. The summed E-state index contributed by atoms with van der Waals surface area (Å²) >= 11 is 0. The molecule has 0 unspecified atom stereocenters. The van der Waals surface area contributed by atoms with Crippen LogP contribution in [-0.2, 0) is 24.1 Å². The van der Waals surface area contributed by atoms with Crippen LogP contribution in [0.1, 0.15) is 20.3 Å². The molecule has 192 valence electrons. The first kappa shape index (κ1) is 26.7. The zero-order valence-electron chi connectivity index (χ0n) is 18.8. The van der Waals surface area contributed by atoms with Crippen LogP contribution < -0.4 is 9.47 Å². The van der Waals surface area contributed by atoms with E-state index in [0.717, 1.165) is 12.1 Å². The predicted molar refractivity (Wildman–Crippen MR) is 115 cm³/mol. The van der Waals surface area contributed by atoms with E-state index < -0.39 is 45.6 Å². The van der Waals surface area contributed by atoms with Crippen LogP contribution in [0.2, 0.25) is 0 Å². The third-order valence-corrected chi connectivity index (χ3v) is 6.79. The maximum Gasteiger partial charge on any atom is 0.573 e. The highest BCUT2D eigenvalue weighted by Crippen LogP contribution is 2.29. The second-order valence-electron chi connectivity index (χ2n) is 8.20. The van der Waals surface area contributed by atoms with Crippen molar-refractivity contribution in [2.75, 3.05) is 12.4 Å². The average Bonchev–Trinajstić information content (AvgIpc) is 3.11. The van der Waals surface area contributed by atoms with Crippen LogP contribution in [0.15, 0.2) is 53.4 Å². The number of carbonyl (C=O) groups excluding carboxylic acids is 1. The summed E-state index contributed by atoms with van der Waals surface area (Å²) in [5, 5.41) is 10.2. The maximum atomic E-state index is 12.9. The monoisotopic (exact) mass is 519 g/mol. The Labute approximate surface area is 199 Å². The number of sulfone groups is 1. The number of halogens is 3. The second-order valence-corrected chi connectivity index (χ2v) is 10.2. The van der Waals surface area contributed by atoms with E-state index >= 15 is 0 Å². The lowest BCUT2D eigenvalue weighted by Crippen LogP contribution is -2.40. The van der Waals surface area contributed by atoms with Crippen LogP contribution in [0.5, 0.6) is 17.2 Å². The molecule has 13 heteroatoms. The molecule has 2 atom stereocenters. The number of carbonyl (C=O) groups is 1. The van der Waals surface area contributed by atoms with Crippen molar-refractivity contribution in [3.8, 4) is 17.2 Å². The fourth-order valence-electron chi connectivity index (χ4n) is 3.43. The van der Waals surface area contributed by atoms with Gasteiger partial charge in [0.1, 0.15) is 17.2 Å². The standard InChI is InChI=1S/C22H24F3NO8S/c1-21(2)31-12-19(33-21)11-15(26(28)14-27)13-35(29,30)20-9-7-17(8-10-20)32-16-3-5-18(6-4-16)34-22(23,24)25/h3-10,14-15,19,28H,11-13H2,1-2H3/t15-,19+/m1/s1. The van der Waals surface area contributed by atoms with Crippen molar-refractivity contribution in [3.05, 3.63) is 48.5 Å². The van der Waals surface area contributed by atoms with Gasteiger partial charge >= 0.3 is 6.36 Å². The number of amides is 1. The Balaban J connectivity index is 1.65. The Hall–Kier alpha value is -2.87. The van der Waals surface area contributed by atoms with E-state index in [2.05, 4.69) is 4.74 Å². The van der Waals surface area contributed by atoms with Crippen LogP contribution in [0.4, 0.5) is 13.2 Å². The van der Waals surface area contributed by atoms with Crippen molar-refractivity contribution in [3.63, 3.8) is 0 Å². The Morgan fingerprint density at radius 1 is 1.11 bits per heavy atom. The second kappa shape index (κ2) is 10.4. The first-order valence-corrected chi connectivity index (χ1v) is 12.0. The van der Waals surface area contributed by atoms with Crippen molar-refractivity contribution in [2.24, 2.45) is 0 Å². The summed E-state index contributed by atoms with van der Waals surface area (Å²) in [6, 6.07) is 8.92. The summed E-state index contributed by atoms with van der Waals surface area (Å²) in [5.41, 5.74) is 0. The number of ether oxygens (including phenoxy) is 4. The minimum Gasteiger partial charge on any atom is -0.457 e. The van der Waals surface area contributed by atoms with E-state index in [0.29, 0.717) is 5.06 Å². The summed E-state index contributed by atoms with van der Waals surface area (Å²) in [5.74, 6) is -1.38. The summed E-state index contributed by atoms with van der Waals surface area (Å²) < 4.78 is 83.0. The molecule has 3 rings (SSSR count). The Morgan fingerprint density at radius 3 is 2.14 bits per heavy atom. The number of hydrogen-bond donors (Lipinski definition) is 1. The van der Waals surface area contributed by atoms with Gasteiger partial charge in [-0.1, -0.05) is 0 Å². The van der Waals surface area contributed by atoms with Crippen LogP contribution in [-0.4, -0.2) is 61.8 Å². The van der Waals surface area contributed by atoms with Gasteiger partial charge in [-0.15, -0.1) is 13.2 Å². The molecule has 1 saturated heterocycles. The molecule has 1 heterocycles. The third-order valence-electron chi connectivity index (χ3n) is 4.97. The predicted octanol–water partition coefficient (Wildman–Crippen LogP) is 3.91. The number of benzene rings is 2. The molecule has 1 aliphatic heterocycles. The molecule has 1 N–H and O–H groups in total. The largest absolute Gasteiger partial charge is 0.573 e. The summed E-state index contributed by atoms with van der Waals surface area (Å²) in [4.78, 5) is 11.0. The molecule has 9 nitrogen and oxygen atoms in total. The molecule has 0 radical (unpaired) electrons. The lowest BCUT2D eigenvalue weighted by atomic mass is 10.1. The molecule has 2 aromatic rings. The summed E-state index contributed by atoms with van der Waals surface area (Å²) in [6.07, 6.45) is -5.16. The summed E-state index contributed by atoms with van der Waals surface area (Å²) in [7, 11) is -3.93. The molecule has 2 aromatic carbocycles. The van der Waals surface area contributed by atoms with Crippen molar-refractivity contribution < 1.29 is 50.5 Å². The van der Waals surface area contributed by atoms with Crippen molar-refractivity contribution >= 4 is 16.2 Å². The molecule has 0 aliphatic carbocycles. The zero-order valence-corrected chi connectivity index (χ0v) is 19.6. The van der Waals surface area contributed by atoms with E-state index in [1.165, 1.54) is 36.4 Å². The molecule has 0 spiro atoms. The van der Waals surface area contributed by atoms with Crippen LogP contribution in [0, 0.1) is 0 Å². The van der Waals surface area contributed by atoms with Gasteiger partial charge in [-0.2, -0.15) is 0 Å². The van der Waals surface area contributed by atoms with Crippen LogP contribution in [0.25, 0.3) is 0 Å². The third kappa shape index (κ3) is 7.82. The fraction of sp³-hybridized carbons (Fsp3) is 0.409. The first-order chi connectivity index (χ1) is 16.3. The Bertz CT molecular complexity index is 1110. The molecular weight excluding hydrogens is 495 g/mol. The molecule has 35 heavy (non-hydrogen) atoms. The van der Waals surface area contributed by atoms with Gasteiger partial charge in [0, 0.05) is 0 Å². The van der Waals surface area contributed by atoms with Gasteiger partial charge in [-0.05, 0) is 68.8 Å². The average molecular weight is 519 g/mol. The fourth-order valence-corrected chi connectivity index (χ4v) is 4.97. The normalized spacial score (nSPS) is 18.6. The van der Waals surface area contributed by atoms with E-state index in [1.807, 2.05) is 0 Å². The lowest BCUT2D eigenvalue weighted by molar-refractivity contribution is -0.274. The van der Waals surface area contributed by atoms with Gasteiger partial charge in [0.2, 0.25) is 6.41 Å². The molecule has 0 bridgehead atoms. The number of rotatable bonds is 10. The van der Waals surface area contributed by atoms with Gasteiger partial charge in [-0.25, -0.2) is 13.5 Å². The van der Waals surface area contributed by atoms with Gasteiger partial charge in [0.25, 0.3) is 0 Å². The SMILES string of the molecule is CC1(C)OC[C@H](C[C@H](CS(=O)(=O)c2ccc(Oc3ccc(OC(F)(F)F)cc3)cc2)N(O)C=O)O1. The minimum atomic E-state index is -4.81. The zero-order chi connectivity index (χ0) is 25.9. The van der Waals surface area contributed by atoms with Crippen molar-refractivity contribution in [1.29, 1.82) is 0 Å². The van der Waals surface area contributed by atoms with E-state index in [9.17, 15) is 31.6 Å². The molecule has 1 amide bonds. The van der Waals surface area contributed by atoms with Gasteiger partial charge in [-0.3, -0.25) is 10.0 Å². The Kier molecular flexibility index (Phi) is 7.94. The van der Waals surface area contributed by atoms with Crippen molar-refractivity contribution in [1.82, 2.24) is 5.06 Å². The number of hydrogen-bond acceptors (Lipinski definition) is 8. The quantitative estimate of drug-likeness (QED) is 0.286. The summed E-state index contributed by atoms with van der Waals surface area (Å²) in [6.45, 7) is 3.58. The van der Waals surface area contributed by atoms with Gasteiger partial charge in [0.05, 0.1) is 29.4 Å². The first-order valence-electron chi connectivity index (χ1n) is 10.4. The Morgan fingerprint density at radius 2 is 1.66 bits per heavy atom. The molecule has 1 fully saturated rings. The van der Waals surface area contributed by atoms with E-state index in [-0.39, 0.29) is 35.8 Å². The molecular formula is C22H24F3NO8S. The highest BCUT2D eigenvalue weighted by Gasteiger charge is 2.36. The van der Waals surface area contributed by atoms with Crippen molar-refractivity contribution in [2.45, 2.75) is 49.5 Å². The van der Waals surface area contributed by atoms with Gasteiger partial charge < -0.3 is 18.9 Å². The van der Waals surface area contributed by atoms with E-state index in [1.54, 1.807) is 13.8 Å². The van der Waals surface area contributed by atoms with Crippen LogP contribution in [0.3, 0.4) is 0 Å².